The summed E-state index contributed by atoms with van der Waals surface area (Å²) in [5, 5.41) is 2.28. The van der Waals surface area contributed by atoms with E-state index in [1.165, 1.54) is 0 Å². The predicted octanol–water partition coefficient (Wildman–Crippen LogP) is 3.95. The van der Waals surface area contributed by atoms with Gasteiger partial charge >= 0.3 is 0 Å². The van der Waals surface area contributed by atoms with Crippen LogP contribution in [-0.4, -0.2) is 56.2 Å². The van der Waals surface area contributed by atoms with E-state index in [1.807, 2.05) is 17.0 Å². The van der Waals surface area contributed by atoms with E-state index in [0.717, 1.165) is 34.9 Å². The molecule has 1 aromatic carbocycles. The van der Waals surface area contributed by atoms with Crippen LogP contribution >= 0.6 is 24.8 Å². The van der Waals surface area contributed by atoms with Crippen LogP contribution in [0.25, 0.3) is 21.8 Å². The third-order valence-electron chi connectivity index (χ3n) is 3.38. The Morgan fingerprint density at radius 3 is 1.70 bits per heavy atom. The number of rotatable bonds is 2. The van der Waals surface area contributed by atoms with Crippen molar-refractivity contribution in [2.24, 2.45) is 0 Å². The van der Waals surface area contributed by atoms with Crippen LogP contribution < -0.4 is 0 Å². The largest absolute Gasteiger partial charge is 0.358 e. The summed E-state index contributed by atoms with van der Waals surface area (Å²) in [6.07, 6.45) is 3.60. The second-order valence-corrected chi connectivity index (χ2v) is 5.78. The molecular weight excluding hydrogens is 429 g/mol. The zero-order valence-corrected chi connectivity index (χ0v) is 17.8. The minimum atomic E-state index is 0. The van der Waals surface area contributed by atoms with Crippen LogP contribution in [-0.2, 0) is 0 Å². The van der Waals surface area contributed by atoms with Crippen LogP contribution in [0.15, 0.2) is 48.8 Å². The molecule has 0 saturated heterocycles. The first-order chi connectivity index (χ1) is 10.7. The van der Waals surface area contributed by atoms with Crippen molar-refractivity contribution in [2.45, 2.75) is 13.8 Å². The topological polar surface area (TPSA) is 29.0 Å². The van der Waals surface area contributed by atoms with Gasteiger partial charge in [0, 0.05) is 60.2 Å². The fraction of sp³-hybridized carbons (Fsp3) is 0.235. The molecule has 0 atom stereocenters. The van der Waals surface area contributed by atoms with E-state index in [-0.39, 0.29) is 23.9 Å². The Labute approximate surface area is 164 Å². The second-order valence-electron chi connectivity index (χ2n) is 4.67. The predicted molar refractivity (Wildman–Crippen MR) is 107 cm³/mol. The molecule has 6 heteroatoms. The molecule has 0 aliphatic carbocycles. The average molecular weight is 448 g/mol. The van der Waals surface area contributed by atoms with Gasteiger partial charge < -0.3 is 4.90 Å². The molecule has 118 valence electrons. The summed E-state index contributed by atoms with van der Waals surface area (Å²) in [4.78, 5) is 10.7. The summed E-state index contributed by atoms with van der Waals surface area (Å²) in [5.74, 6) is 0. The SMILES string of the molecule is CCN(CC)C(=S)S.[Sn].c1cnc2c(c1)ccc1cccnc12. The smallest absolute Gasteiger partial charge is 0.133 e. The van der Waals surface area contributed by atoms with Gasteiger partial charge in [0.2, 0.25) is 0 Å². The van der Waals surface area contributed by atoms with Gasteiger partial charge in [-0.2, -0.15) is 0 Å². The maximum Gasteiger partial charge on any atom is 0.133 e. The first-order valence-corrected chi connectivity index (χ1v) is 8.09. The van der Waals surface area contributed by atoms with Gasteiger partial charge in [-0.15, -0.1) is 12.6 Å². The first kappa shape index (κ1) is 20.1. The van der Waals surface area contributed by atoms with Gasteiger partial charge in [0.25, 0.3) is 0 Å². The molecule has 0 spiro atoms. The molecule has 2 heterocycles. The monoisotopic (exact) mass is 449 g/mol. The van der Waals surface area contributed by atoms with E-state index in [4.69, 9.17) is 12.2 Å². The Morgan fingerprint density at radius 1 is 0.957 bits per heavy atom. The van der Waals surface area contributed by atoms with Crippen molar-refractivity contribution in [2.75, 3.05) is 13.1 Å². The van der Waals surface area contributed by atoms with Gasteiger partial charge in [0.1, 0.15) is 4.32 Å². The van der Waals surface area contributed by atoms with Gasteiger partial charge in [-0.3, -0.25) is 9.97 Å². The van der Waals surface area contributed by atoms with Gasteiger partial charge in [-0.05, 0) is 26.0 Å². The first-order valence-electron chi connectivity index (χ1n) is 7.23. The Hall–Kier alpha value is -0.921. The van der Waals surface area contributed by atoms with Crippen molar-refractivity contribution in [3.63, 3.8) is 0 Å². The van der Waals surface area contributed by atoms with E-state index in [2.05, 4.69) is 60.7 Å². The van der Waals surface area contributed by atoms with Crippen LogP contribution in [0.5, 0.6) is 0 Å². The molecule has 23 heavy (non-hydrogen) atoms. The molecule has 0 saturated carbocycles. The summed E-state index contributed by atoms with van der Waals surface area (Å²) in [5.41, 5.74) is 1.95. The Bertz CT molecular complexity index is 721. The number of thiol groups is 1. The van der Waals surface area contributed by atoms with E-state index < -0.39 is 0 Å². The fourth-order valence-corrected chi connectivity index (χ4v) is 2.71. The number of thiocarbonyl (C=S) groups is 1. The van der Waals surface area contributed by atoms with Crippen LogP contribution in [0.4, 0.5) is 0 Å². The molecule has 3 aromatic rings. The van der Waals surface area contributed by atoms with Crippen molar-refractivity contribution in [3.8, 4) is 0 Å². The molecular formula is C17H19N3S2Sn. The van der Waals surface area contributed by atoms with E-state index in [0.29, 0.717) is 4.32 Å². The zero-order valence-electron chi connectivity index (χ0n) is 13.2. The number of hydrogen-bond acceptors (Lipinski definition) is 3. The van der Waals surface area contributed by atoms with Crippen LogP contribution in [0.1, 0.15) is 13.8 Å². The van der Waals surface area contributed by atoms with Crippen molar-refractivity contribution < 1.29 is 0 Å². The summed E-state index contributed by atoms with van der Waals surface area (Å²) in [7, 11) is 0. The Morgan fingerprint density at radius 2 is 1.39 bits per heavy atom. The molecule has 0 aliphatic rings. The molecule has 0 amide bonds. The molecule has 0 fully saturated rings. The molecule has 3 nitrogen and oxygen atoms in total. The van der Waals surface area contributed by atoms with Gasteiger partial charge in [0.15, 0.2) is 0 Å². The van der Waals surface area contributed by atoms with E-state index in [9.17, 15) is 0 Å². The minimum Gasteiger partial charge on any atom is -0.358 e. The number of hydrogen-bond donors (Lipinski definition) is 1. The zero-order chi connectivity index (χ0) is 15.9. The summed E-state index contributed by atoms with van der Waals surface area (Å²) >= 11 is 8.82. The maximum atomic E-state index is 4.81. The number of pyridine rings is 2. The third-order valence-corrected chi connectivity index (χ3v) is 3.92. The van der Waals surface area contributed by atoms with E-state index >= 15 is 0 Å². The second kappa shape index (κ2) is 10.0. The quantitative estimate of drug-likeness (QED) is 0.279. The Kier molecular flexibility index (Phi) is 8.79. The van der Waals surface area contributed by atoms with Crippen LogP contribution in [0.2, 0.25) is 0 Å². The minimum absolute atomic E-state index is 0. The van der Waals surface area contributed by atoms with Crippen molar-refractivity contribution in [3.05, 3.63) is 48.8 Å². The fourth-order valence-electron chi connectivity index (χ4n) is 2.17. The van der Waals surface area contributed by atoms with Gasteiger partial charge in [-0.25, -0.2) is 0 Å². The number of benzene rings is 1. The number of nitrogens with zero attached hydrogens (tertiary/aromatic N) is 3. The third kappa shape index (κ3) is 5.29. The molecule has 0 unspecified atom stereocenters. The van der Waals surface area contributed by atoms with Gasteiger partial charge in [0.05, 0.1) is 11.0 Å². The average Bonchev–Trinajstić information content (AvgIpc) is 2.56. The molecule has 0 N–H and O–H groups in total. The number of aromatic nitrogens is 2. The molecule has 3 rings (SSSR count). The standard InChI is InChI=1S/C12H8N2.C5H11NS2.Sn/c1-3-9-5-6-10-4-2-8-14-12(10)11(9)13-7-1;1-3-6(4-2)5(7)8;/h1-8H;3-4H2,1-2H3,(H,7,8);. The molecule has 0 bridgehead atoms. The molecule has 2 aromatic heterocycles. The Balaban J connectivity index is 0.000000258. The van der Waals surface area contributed by atoms with Crippen molar-refractivity contribution in [1.29, 1.82) is 0 Å². The van der Waals surface area contributed by atoms with Crippen molar-refractivity contribution >= 4 is 74.9 Å². The molecule has 0 aliphatic heterocycles. The van der Waals surface area contributed by atoms with Gasteiger partial charge in [-0.1, -0.05) is 36.5 Å². The van der Waals surface area contributed by atoms with Crippen LogP contribution in [0, 0.1) is 0 Å². The molecule has 4 radical (unpaired) electrons. The maximum absolute atomic E-state index is 4.81. The van der Waals surface area contributed by atoms with E-state index in [1.54, 1.807) is 12.4 Å². The number of fused-ring (bicyclic) bond motifs is 3. The van der Waals surface area contributed by atoms with Crippen LogP contribution in [0.3, 0.4) is 0 Å². The summed E-state index contributed by atoms with van der Waals surface area (Å²) in [6.45, 7) is 6.04. The summed E-state index contributed by atoms with van der Waals surface area (Å²) in [6, 6.07) is 12.1. The normalized spacial score (nSPS) is 9.70. The van der Waals surface area contributed by atoms with Crippen molar-refractivity contribution in [1.82, 2.24) is 14.9 Å². The summed E-state index contributed by atoms with van der Waals surface area (Å²) < 4.78 is 0.690.